The minimum absolute atomic E-state index is 0.0834. The van der Waals surface area contributed by atoms with Gasteiger partial charge < -0.3 is 5.32 Å². The fourth-order valence-corrected chi connectivity index (χ4v) is 3.46. The Kier molecular flexibility index (Phi) is 5.55. The molecule has 0 radical (unpaired) electrons. The van der Waals surface area contributed by atoms with E-state index in [1.807, 2.05) is 18.2 Å². The van der Waals surface area contributed by atoms with Crippen LogP contribution in [-0.2, 0) is 17.1 Å². The molecule has 0 unspecified atom stereocenters. The molecule has 1 amide bonds. The van der Waals surface area contributed by atoms with Crippen molar-refractivity contribution < 1.29 is 4.79 Å². The Morgan fingerprint density at radius 3 is 2.54 bits per heavy atom. The van der Waals surface area contributed by atoms with Gasteiger partial charge in [-0.15, -0.1) is 11.8 Å². The first-order chi connectivity index (χ1) is 11.7. The van der Waals surface area contributed by atoms with Gasteiger partial charge in [-0.05, 0) is 28.8 Å². The third kappa shape index (κ3) is 4.39. The van der Waals surface area contributed by atoms with Crippen LogP contribution in [0.1, 0.15) is 16.7 Å². The lowest BCUT2D eigenvalue weighted by Gasteiger charge is -2.08. The summed E-state index contributed by atoms with van der Waals surface area (Å²) in [5.74, 6) is 1.43. The molecule has 0 saturated carbocycles. The van der Waals surface area contributed by atoms with E-state index >= 15 is 0 Å². The van der Waals surface area contributed by atoms with Gasteiger partial charge in [-0.1, -0.05) is 72.3 Å². The maximum Gasteiger partial charge on any atom is 0.230 e. The van der Waals surface area contributed by atoms with Gasteiger partial charge in [-0.2, -0.15) is 0 Å². The van der Waals surface area contributed by atoms with Crippen LogP contribution in [0.15, 0.2) is 66.7 Å². The molecule has 3 aromatic carbocycles. The smallest absolute Gasteiger partial charge is 0.230 e. The largest absolute Gasteiger partial charge is 0.351 e. The van der Waals surface area contributed by atoms with Crippen LogP contribution in [0.4, 0.5) is 0 Å². The molecule has 0 bridgehead atoms. The van der Waals surface area contributed by atoms with Gasteiger partial charge in [-0.25, -0.2) is 0 Å². The van der Waals surface area contributed by atoms with E-state index in [4.69, 9.17) is 0 Å². The van der Waals surface area contributed by atoms with E-state index in [9.17, 15) is 4.79 Å². The minimum atomic E-state index is 0.0834. The predicted molar refractivity (Wildman–Crippen MR) is 103 cm³/mol. The summed E-state index contributed by atoms with van der Waals surface area (Å²) in [4.78, 5) is 12.1. The van der Waals surface area contributed by atoms with Crippen molar-refractivity contribution in [1.29, 1.82) is 0 Å². The number of carbonyl (C=O) groups is 1. The van der Waals surface area contributed by atoms with Crippen LogP contribution in [0.25, 0.3) is 10.8 Å². The monoisotopic (exact) mass is 335 g/mol. The second-order valence-corrected chi connectivity index (χ2v) is 6.88. The van der Waals surface area contributed by atoms with E-state index in [0.717, 1.165) is 11.3 Å². The predicted octanol–water partition coefficient (Wildman–Crippen LogP) is 4.70. The molecule has 0 aliphatic carbocycles. The quantitative estimate of drug-likeness (QED) is 0.707. The summed E-state index contributed by atoms with van der Waals surface area (Å²) in [6, 6.07) is 22.9. The molecule has 3 aromatic rings. The molecular formula is C21H21NOS. The maximum absolute atomic E-state index is 12.1. The molecular weight excluding hydrogens is 314 g/mol. The summed E-state index contributed by atoms with van der Waals surface area (Å²) in [5.41, 5.74) is 3.68. The van der Waals surface area contributed by atoms with Crippen molar-refractivity contribution in [1.82, 2.24) is 5.32 Å². The van der Waals surface area contributed by atoms with Crippen LogP contribution >= 0.6 is 11.8 Å². The zero-order valence-electron chi connectivity index (χ0n) is 13.8. The lowest BCUT2D eigenvalue weighted by atomic mass is 10.0. The van der Waals surface area contributed by atoms with Crippen molar-refractivity contribution in [3.63, 3.8) is 0 Å². The molecule has 0 spiro atoms. The molecule has 24 heavy (non-hydrogen) atoms. The molecule has 1 N–H and O–H groups in total. The first-order valence-corrected chi connectivity index (χ1v) is 9.24. The fourth-order valence-electron chi connectivity index (χ4n) is 2.64. The molecule has 0 atom stereocenters. The molecule has 122 valence electrons. The van der Waals surface area contributed by atoms with Crippen molar-refractivity contribution in [2.24, 2.45) is 0 Å². The maximum atomic E-state index is 12.1. The summed E-state index contributed by atoms with van der Waals surface area (Å²) in [7, 11) is 0. The first-order valence-electron chi connectivity index (χ1n) is 8.09. The lowest BCUT2D eigenvalue weighted by molar-refractivity contribution is -0.118. The lowest BCUT2D eigenvalue weighted by Crippen LogP contribution is -2.24. The van der Waals surface area contributed by atoms with E-state index in [0.29, 0.717) is 12.3 Å². The van der Waals surface area contributed by atoms with Crippen molar-refractivity contribution in [3.05, 3.63) is 83.4 Å². The second kappa shape index (κ2) is 8.02. The topological polar surface area (TPSA) is 29.1 Å². The van der Waals surface area contributed by atoms with Gasteiger partial charge in [0.1, 0.15) is 0 Å². The first kappa shape index (κ1) is 16.6. The van der Waals surface area contributed by atoms with E-state index in [2.05, 4.69) is 60.8 Å². The van der Waals surface area contributed by atoms with Gasteiger partial charge in [0.15, 0.2) is 0 Å². The average Bonchev–Trinajstić information content (AvgIpc) is 2.61. The Bertz CT molecular complexity index is 821. The number of hydrogen-bond donors (Lipinski definition) is 1. The van der Waals surface area contributed by atoms with Crippen LogP contribution in [0.2, 0.25) is 0 Å². The van der Waals surface area contributed by atoms with E-state index < -0.39 is 0 Å². The number of fused-ring (bicyclic) bond motifs is 1. The highest BCUT2D eigenvalue weighted by molar-refractivity contribution is 7.99. The van der Waals surface area contributed by atoms with Gasteiger partial charge in [0.05, 0.1) is 5.75 Å². The summed E-state index contributed by atoms with van der Waals surface area (Å²) in [5, 5.41) is 5.43. The Labute approximate surface area is 147 Å². The highest BCUT2D eigenvalue weighted by Crippen LogP contribution is 2.18. The number of aryl methyl sites for hydroxylation is 1. The van der Waals surface area contributed by atoms with Gasteiger partial charge in [0.2, 0.25) is 5.91 Å². The van der Waals surface area contributed by atoms with Crippen LogP contribution < -0.4 is 5.32 Å². The number of rotatable bonds is 6. The number of benzene rings is 3. The molecule has 0 aromatic heterocycles. The van der Waals surface area contributed by atoms with E-state index in [1.54, 1.807) is 11.8 Å². The minimum Gasteiger partial charge on any atom is -0.351 e. The van der Waals surface area contributed by atoms with Gasteiger partial charge >= 0.3 is 0 Å². The third-order valence-corrected chi connectivity index (χ3v) is 4.98. The Hall–Kier alpha value is -2.26. The van der Waals surface area contributed by atoms with Gasteiger partial charge in [0.25, 0.3) is 0 Å². The number of amides is 1. The number of thioether (sulfide) groups is 1. The van der Waals surface area contributed by atoms with Crippen LogP contribution in [0.3, 0.4) is 0 Å². The Balaban J connectivity index is 1.49. The van der Waals surface area contributed by atoms with Gasteiger partial charge in [-0.3, -0.25) is 4.79 Å². The van der Waals surface area contributed by atoms with Crippen LogP contribution in [0.5, 0.6) is 0 Å². The standard InChI is InChI=1S/C21H21NOS/c1-16-9-11-17(12-10-16)14-24-15-21(23)22-13-19-7-4-6-18-5-2-3-8-20(18)19/h2-12H,13-15H2,1H3,(H,22,23). The van der Waals surface area contributed by atoms with Crippen LogP contribution in [0, 0.1) is 6.92 Å². The van der Waals surface area contributed by atoms with Crippen molar-refractivity contribution in [2.45, 2.75) is 19.2 Å². The fraction of sp³-hybridized carbons (Fsp3) is 0.190. The molecule has 2 nitrogen and oxygen atoms in total. The summed E-state index contributed by atoms with van der Waals surface area (Å²) >= 11 is 1.65. The normalized spacial score (nSPS) is 10.7. The highest BCUT2D eigenvalue weighted by atomic mass is 32.2. The molecule has 3 rings (SSSR count). The number of hydrogen-bond acceptors (Lipinski definition) is 2. The number of nitrogens with one attached hydrogen (secondary N) is 1. The van der Waals surface area contributed by atoms with E-state index in [1.165, 1.54) is 21.9 Å². The molecule has 0 aliphatic heterocycles. The molecule has 0 aliphatic rings. The average molecular weight is 335 g/mol. The molecule has 0 heterocycles. The second-order valence-electron chi connectivity index (χ2n) is 5.89. The van der Waals surface area contributed by atoms with Gasteiger partial charge in [0, 0.05) is 12.3 Å². The van der Waals surface area contributed by atoms with E-state index in [-0.39, 0.29) is 5.91 Å². The van der Waals surface area contributed by atoms with Crippen molar-refractivity contribution >= 4 is 28.4 Å². The van der Waals surface area contributed by atoms with Crippen molar-refractivity contribution in [3.8, 4) is 0 Å². The third-order valence-electron chi connectivity index (χ3n) is 3.98. The number of carbonyl (C=O) groups excluding carboxylic acids is 1. The molecule has 0 saturated heterocycles. The van der Waals surface area contributed by atoms with Crippen LogP contribution in [-0.4, -0.2) is 11.7 Å². The summed E-state index contributed by atoms with van der Waals surface area (Å²) < 4.78 is 0. The molecule has 3 heteroatoms. The summed E-state index contributed by atoms with van der Waals surface area (Å²) in [6.45, 7) is 2.66. The zero-order chi connectivity index (χ0) is 16.8. The Morgan fingerprint density at radius 2 is 1.71 bits per heavy atom. The SMILES string of the molecule is Cc1ccc(CSCC(=O)NCc2cccc3ccccc23)cc1. The summed E-state index contributed by atoms with van der Waals surface area (Å²) in [6.07, 6.45) is 0. The Morgan fingerprint density at radius 1 is 0.958 bits per heavy atom. The zero-order valence-corrected chi connectivity index (χ0v) is 14.6. The highest BCUT2D eigenvalue weighted by Gasteiger charge is 2.04. The molecule has 0 fully saturated rings. The van der Waals surface area contributed by atoms with Crippen molar-refractivity contribution in [2.75, 3.05) is 5.75 Å².